The molecule has 6 heteroatoms. The SMILES string of the molecule is Cc1ccc(-c2c3c(=O)n(C)c(=O)n(C)c3c3n2CCOC3c2c(C)cc(C)cc2C)cc1. The van der Waals surface area contributed by atoms with E-state index in [1.807, 2.05) is 6.92 Å². The first-order chi connectivity index (χ1) is 15.7. The van der Waals surface area contributed by atoms with Crippen LogP contribution in [0.5, 0.6) is 0 Å². The van der Waals surface area contributed by atoms with E-state index in [4.69, 9.17) is 4.74 Å². The fourth-order valence-electron chi connectivity index (χ4n) is 5.42. The summed E-state index contributed by atoms with van der Waals surface area (Å²) < 4.78 is 11.4. The van der Waals surface area contributed by atoms with Crippen molar-refractivity contribution in [3.8, 4) is 11.3 Å². The molecule has 0 spiro atoms. The second-order valence-electron chi connectivity index (χ2n) is 9.24. The molecule has 0 saturated heterocycles. The first-order valence-corrected chi connectivity index (χ1v) is 11.3. The fourth-order valence-corrected chi connectivity index (χ4v) is 5.42. The number of aryl methyl sites for hydroxylation is 5. The molecular weight excluding hydrogens is 414 g/mol. The molecule has 0 radical (unpaired) electrons. The summed E-state index contributed by atoms with van der Waals surface area (Å²) in [5.41, 5.74) is 8.48. The normalized spacial score (nSPS) is 15.8. The summed E-state index contributed by atoms with van der Waals surface area (Å²) in [7, 11) is 3.28. The molecule has 2 aromatic carbocycles. The molecule has 4 aromatic rings. The summed E-state index contributed by atoms with van der Waals surface area (Å²) in [6, 6.07) is 12.5. The Morgan fingerprint density at radius 1 is 0.879 bits per heavy atom. The van der Waals surface area contributed by atoms with Crippen LogP contribution in [-0.4, -0.2) is 20.3 Å². The van der Waals surface area contributed by atoms with Crippen molar-refractivity contribution >= 4 is 10.9 Å². The maximum Gasteiger partial charge on any atom is 0.331 e. The minimum atomic E-state index is -0.362. The van der Waals surface area contributed by atoms with Crippen molar-refractivity contribution < 1.29 is 4.74 Å². The van der Waals surface area contributed by atoms with E-state index in [2.05, 4.69) is 61.7 Å². The largest absolute Gasteiger partial charge is 0.365 e. The predicted octanol–water partition coefficient (Wildman–Crippen LogP) is 4.06. The van der Waals surface area contributed by atoms with Crippen LogP contribution >= 0.6 is 0 Å². The highest BCUT2D eigenvalue weighted by Crippen LogP contribution is 2.42. The first-order valence-electron chi connectivity index (χ1n) is 11.3. The van der Waals surface area contributed by atoms with Crippen molar-refractivity contribution in [2.75, 3.05) is 6.61 Å². The highest BCUT2D eigenvalue weighted by Gasteiger charge is 2.34. The third-order valence-corrected chi connectivity index (χ3v) is 6.88. The highest BCUT2D eigenvalue weighted by atomic mass is 16.5. The molecule has 0 saturated carbocycles. The molecule has 2 aromatic heterocycles. The van der Waals surface area contributed by atoms with E-state index >= 15 is 0 Å². The van der Waals surface area contributed by atoms with E-state index in [-0.39, 0.29) is 17.4 Å². The number of benzene rings is 2. The van der Waals surface area contributed by atoms with Crippen molar-refractivity contribution in [2.45, 2.75) is 40.3 Å². The van der Waals surface area contributed by atoms with Gasteiger partial charge in [0.25, 0.3) is 5.56 Å². The molecule has 33 heavy (non-hydrogen) atoms. The van der Waals surface area contributed by atoms with Crippen molar-refractivity contribution in [1.29, 1.82) is 0 Å². The van der Waals surface area contributed by atoms with Gasteiger partial charge in [-0.1, -0.05) is 47.5 Å². The second kappa shape index (κ2) is 7.59. The maximum atomic E-state index is 13.5. The smallest absolute Gasteiger partial charge is 0.331 e. The molecule has 0 bridgehead atoms. The number of ether oxygens (including phenoxy) is 1. The van der Waals surface area contributed by atoms with Crippen LogP contribution in [0.15, 0.2) is 46.0 Å². The van der Waals surface area contributed by atoms with Crippen LogP contribution in [0.2, 0.25) is 0 Å². The lowest BCUT2D eigenvalue weighted by Crippen LogP contribution is -2.37. The Morgan fingerprint density at radius 3 is 2.15 bits per heavy atom. The summed E-state index contributed by atoms with van der Waals surface area (Å²) >= 11 is 0. The molecule has 0 N–H and O–H groups in total. The van der Waals surface area contributed by atoms with Gasteiger partial charge in [0.2, 0.25) is 0 Å². The molecule has 0 amide bonds. The Bertz CT molecular complexity index is 1510. The van der Waals surface area contributed by atoms with Crippen molar-refractivity contribution in [3.05, 3.63) is 90.7 Å². The standard InChI is InChI=1S/C27H29N3O3/c1-15-7-9-19(10-8-15)22-21-23(28(5)27(32)29(6)26(21)31)24-25(33-12-11-30(22)24)20-17(3)13-16(2)14-18(20)4/h7-10,13-14,25H,11-12H2,1-6H3. The van der Waals surface area contributed by atoms with Gasteiger partial charge < -0.3 is 9.30 Å². The van der Waals surface area contributed by atoms with E-state index < -0.39 is 0 Å². The molecule has 3 heterocycles. The molecule has 5 rings (SSSR count). The number of hydrogen-bond donors (Lipinski definition) is 0. The number of aromatic nitrogens is 3. The van der Waals surface area contributed by atoms with Gasteiger partial charge >= 0.3 is 5.69 Å². The fraction of sp³-hybridized carbons (Fsp3) is 0.333. The molecule has 0 fully saturated rings. The van der Waals surface area contributed by atoms with Crippen molar-refractivity contribution in [1.82, 2.24) is 13.7 Å². The molecule has 1 unspecified atom stereocenters. The second-order valence-corrected chi connectivity index (χ2v) is 9.24. The van der Waals surface area contributed by atoms with E-state index in [1.54, 1.807) is 18.7 Å². The number of hydrogen-bond acceptors (Lipinski definition) is 3. The molecule has 1 aliphatic rings. The topological polar surface area (TPSA) is 58.2 Å². The lowest BCUT2D eigenvalue weighted by atomic mass is 9.93. The van der Waals surface area contributed by atoms with Crippen molar-refractivity contribution in [3.63, 3.8) is 0 Å². The zero-order chi connectivity index (χ0) is 23.6. The zero-order valence-electron chi connectivity index (χ0n) is 20.0. The Hall–Kier alpha value is -3.38. The van der Waals surface area contributed by atoms with Gasteiger partial charge in [-0.2, -0.15) is 0 Å². The Balaban J connectivity index is 1.96. The van der Waals surface area contributed by atoms with Gasteiger partial charge in [0.05, 0.1) is 28.9 Å². The molecular formula is C27H29N3O3. The van der Waals surface area contributed by atoms with Crippen LogP contribution in [0.25, 0.3) is 22.2 Å². The van der Waals surface area contributed by atoms with Gasteiger partial charge in [-0.05, 0) is 49.9 Å². The van der Waals surface area contributed by atoms with Crippen LogP contribution in [0.3, 0.4) is 0 Å². The molecule has 0 aliphatic carbocycles. The summed E-state index contributed by atoms with van der Waals surface area (Å²) in [6.45, 7) is 9.48. The molecule has 6 nitrogen and oxygen atoms in total. The van der Waals surface area contributed by atoms with Crippen LogP contribution < -0.4 is 11.2 Å². The lowest BCUT2D eigenvalue weighted by Gasteiger charge is -2.30. The Morgan fingerprint density at radius 2 is 1.52 bits per heavy atom. The average molecular weight is 444 g/mol. The van der Waals surface area contributed by atoms with E-state index in [0.29, 0.717) is 24.1 Å². The van der Waals surface area contributed by atoms with Crippen LogP contribution in [0.4, 0.5) is 0 Å². The first kappa shape index (κ1) is 21.5. The quantitative estimate of drug-likeness (QED) is 0.470. The van der Waals surface area contributed by atoms with Gasteiger partial charge in [-0.3, -0.25) is 13.9 Å². The van der Waals surface area contributed by atoms with Gasteiger partial charge in [0.1, 0.15) is 6.10 Å². The third kappa shape index (κ3) is 3.12. The minimum Gasteiger partial charge on any atom is -0.365 e. The summed E-state index contributed by atoms with van der Waals surface area (Å²) in [4.78, 5) is 26.5. The van der Waals surface area contributed by atoms with E-state index in [9.17, 15) is 9.59 Å². The maximum absolute atomic E-state index is 13.5. The van der Waals surface area contributed by atoms with Gasteiger partial charge in [-0.15, -0.1) is 0 Å². The predicted molar refractivity (Wildman–Crippen MR) is 131 cm³/mol. The Kier molecular flexibility index (Phi) is 4.94. The molecule has 1 aliphatic heterocycles. The van der Waals surface area contributed by atoms with Gasteiger partial charge in [-0.25, -0.2) is 4.79 Å². The Labute approximate surface area is 192 Å². The summed E-state index contributed by atoms with van der Waals surface area (Å²) in [6.07, 6.45) is -0.362. The third-order valence-electron chi connectivity index (χ3n) is 6.88. The molecule has 170 valence electrons. The van der Waals surface area contributed by atoms with Gasteiger partial charge in [0, 0.05) is 20.6 Å². The van der Waals surface area contributed by atoms with E-state index in [1.165, 1.54) is 10.1 Å². The number of rotatable bonds is 2. The zero-order valence-corrected chi connectivity index (χ0v) is 20.0. The minimum absolute atomic E-state index is 0.276. The summed E-state index contributed by atoms with van der Waals surface area (Å²) in [5, 5.41) is 0.566. The van der Waals surface area contributed by atoms with Crippen LogP contribution in [0.1, 0.15) is 39.6 Å². The number of fused-ring (bicyclic) bond motifs is 3. The van der Waals surface area contributed by atoms with Crippen LogP contribution in [-0.2, 0) is 25.4 Å². The monoisotopic (exact) mass is 443 g/mol. The van der Waals surface area contributed by atoms with Crippen LogP contribution in [0, 0.1) is 27.7 Å². The lowest BCUT2D eigenvalue weighted by molar-refractivity contribution is 0.0471. The molecule has 1 atom stereocenters. The average Bonchev–Trinajstić information content (AvgIpc) is 3.12. The highest BCUT2D eigenvalue weighted by molar-refractivity contribution is 5.96. The summed E-state index contributed by atoms with van der Waals surface area (Å²) in [5.74, 6) is 0. The number of nitrogens with zero attached hydrogens (tertiary/aromatic N) is 3. The van der Waals surface area contributed by atoms with E-state index in [0.717, 1.165) is 39.2 Å². The van der Waals surface area contributed by atoms with Gasteiger partial charge in [0.15, 0.2) is 0 Å². The van der Waals surface area contributed by atoms with Crippen molar-refractivity contribution in [2.24, 2.45) is 14.1 Å².